The van der Waals surface area contributed by atoms with E-state index in [2.05, 4.69) is 0 Å². The number of carboxylic acid groups (broad SMARTS) is 1. The highest BCUT2D eigenvalue weighted by Gasteiger charge is 2.35. The lowest BCUT2D eigenvalue weighted by Gasteiger charge is -2.38. The summed E-state index contributed by atoms with van der Waals surface area (Å²) < 4.78 is 0. The zero-order valence-corrected chi connectivity index (χ0v) is 13.1. The van der Waals surface area contributed by atoms with Crippen molar-refractivity contribution >= 4 is 12.0 Å². The molecule has 5 heteroatoms. The molecule has 1 unspecified atom stereocenters. The van der Waals surface area contributed by atoms with Crippen LogP contribution in [0.25, 0.3) is 0 Å². The van der Waals surface area contributed by atoms with Crippen LogP contribution >= 0.6 is 0 Å². The Morgan fingerprint density at radius 1 is 1.05 bits per heavy atom. The minimum atomic E-state index is -0.857. The van der Waals surface area contributed by atoms with Crippen molar-refractivity contribution in [2.45, 2.75) is 76.8 Å². The summed E-state index contributed by atoms with van der Waals surface area (Å²) in [6, 6.07) is -0.398. The van der Waals surface area contributed by atoms with Crippen LogP contribution in [0.4, 0.5) is 4.79 Å². The summed E-state index contributed by atoms with van der Waals surface area (Å²) in [5.41, 5.74) is 0. The molecule has 2 amide bonds. The van der Waals surface area contributed by atoms with E-state index in [9.17, 15) is 14.7 Å². The fraction of sp³-hybridized carbons (Fsp3) is 0.875. The summed E-state index contributed by atoms with van der Waals surface area (Å²) in [6.07, 6.45) is 9.15. The van der Waals surface area contributed by atoms with Gasteiger partial charge in [-0.3, -0.25) is 0 Å². The lowest BCUT2D eigenvalue weighted by molar-refractivity contribution is -0.142. The topological polar surface area (TPSA) is 60.9 Å². The number of hydrogen-bond donors (Lipinski definition) is 1. The second-order valence-corrected chi connectivity index (χ2v) is 6.26. The summed E-state index contributed by atoms with van der Waals surface area (Å²) in [4.78, 5) is 27.9. The van der Waals surface area contributed by atoms with Crippen LogP contribution in [0.3, 0.4) is 0 Å². The van der Waals surface area contributed by atoms with Gasteiger partial charge in [-0.1, -0.05) is 32.1 Å². The number of amides is 2. The standard InChI is InChI=1S/C16H28N2O3/c1-2-17(13-9-5-3-6-10-13)16(21)18-12-8-4-7-11-14(18)15(19)20/h13-14H,2-12H2,1H3,(H,19,20). The molecule has 1 N–H and O–H groups in total. The first-order valence-corrected chi connectivity index (χ1v) is 8.45. The van der Waals surface area contributed by atoms with E-state index in [1.54, 1.807) is 4.90 Å². The fourth-order valence-electron chi connectivity index (χ4n) is 3.70. The molecular weight excluding hydrogens is 268 g/mol. The van der Waals surface area contributed by atoms with E-state index in [1.165, 1.54) is 19.3 Å². The Balaban J connectivity index is 2.11. The molecule has 2 rings (SSSR count). The summed E-state index contributed by atoms with van der Waals surface area (Å²) >= 11 is 0. The molecule has 0 bridgehead atoms. The SMILES string of the molecule is CCN(C(=O)N1CCCCCC1C(=O)O)C1CCCCC1. The first-order chi connectivity index (χ1) is 10.1. The molecular formula is C16H28N2O3. The highest BCUT2D eigenvalue weighted by molar-refractivity contribution is 5.83. The quantitative estimate of drug-likeness (QED) is 0.870. The van der Waals surface area contributed by atoms with Crippen molar-refractivity contribution in [3.05, 3.63) is 0 Å². The van der Waals surface area contributed by atoms with Gasteiger partial charge >= 0.3 is 12.0 Å². The number of carbonyl (C=O) groups excluding carboxylic acids is 1. The maximum atomic E-state index is 12.9. The molecule has 5 nitrogen and oxygen atoms in total. The smallest absolute Gasteiger partial charge is 0.326 e. The highest BCUT2D eigenvalue weighted by atomic mass is 16.4. The highest BCUT2D eigenvalue weighted by Crippen LogP contribution is 2.25. The van der Waals surface area contributed by atoms with E-state index >= 15 is 0 Å². The Hall–Kier alpha value is -1.26. The first-order valence-electron chi connectivity index (χ1n) is 8.45. The first kappa shape index (κ1) is 16.1. The lowest BCUT2D eigenvalue weighted by Crippen LogP contribution is -2.53. The van der Waals surface area contributed by atoms with Crippen LogP contribution in [0, 0.1) is 0 Å². The van der Waals surface area contributed by atoms with Crippen molar-refractivity contribution in [2.24, 2.45) is 0 Å². The number of likely N-dealkylation sites (tertiary alicyclic amines) is 1. The Morgan fingerprint density at radius 2 is 1.67 bits per heavy atom. The van der Waals surface area contributed by atoms with E-state index < -0.39 is 12.0 Å². The minimum Gasteiger partial charge on any atom is -0.480 e. The maximum Gasteiger partial charge on any atom is 0.326 e. The van der Waals surface area contributed by atoms with Gasteiger partial charge in [0.05, 0.1) is 0 Å². The van der Waals surface area contributed by atoms with Crippen molar-refractivity contribution in [1.29, 1.82) is 0 Å². The fourth-order valence-corrected chi connectivity index (χ4v) is 3.70. The van der Waals surface area contributed by atoms with E-state index in [0.29, 0.717) is 25.6 Å². The van der Waals surface area contributed by atoms with Crippen molar-refractivity contribution in [2.75, 3.05) is 13.1 Å². The molecule has 2 aliphatic rings. The molecule has 1 aliphatic heterocycles. The second kappa shape index (κ2) is 7.66. The number of aliphatic carboxylic acids is 1. The molecule has 0 spiro atoms. The van der Waals surface area contributed by atoms with Crippen molar-refractivity contribution in [3.63, 3.8) is 0 Å². The van der Waals surface area contributed by atoms with Crippen molar-refractivity contribution in [3.8, 4) is 0 Å². The van der Waals surface area contributed by atoms with Crippen LogP contribution in [-0.4, -0.2) is 52.1 Å². The van der Waals surface area contributed by atoms with Gasteiger partial charge in [-0.25, -0.2) is 9.59 Å². The zero-order valence-electron chi connectivity index (χ0n) is 13.1. The van der Waals surface area contributed by atoms with E-state index in [4.69, 9.17) is 0 Å². The van der Waals surface area contributed by atoms with Gasteiger partial charge in [0.15, 0.2) is 0 Å². The van der Waals surface area contributed by atoms with Crippen molar-refractivity contribution < 1.29 is 14.7 Å². The molecule has 1 aliphatic carbocycles. The third kappa shape index (κ3) is 3.89. The molecule has 2 fully saturated rings. The lowest BCUT2D eigenvalue weighted by atomic mass is 9.94. The second-order valence-electron chi connectivity index (χ2n) is 6.26. The molecule has 21 heavy (non-hydrogen) atoms. The van der Waals surface area contributed by atoms with Gasteiger partial charge in [-0.2, -0.15) is 0 Å². The van der Waals surface area contributed by atoms with Crippen LogP contribution in [0.1, 0.15) is 64.7 Å². The molecule has 0 aromatic heterocycles. The van der Waals surface area contributed by atoms with Gasteiger partial charge in [0.1, 0.15) is 6.04 Å². The zero-order chi connectivity index (χ0) is 15.2. The van der Waals surface area contributed by atoms with Gasteiger partial charge in [0, 0.05) is 19.1 Å². The van der Waals surface area contributed by atoms with Crippen LogP contribution in [0.5, 0.6) is 0 Å². The van der Waals surface area contributed by atoms with Gasteiger partial charge in [0.25, 0.3) is 0 Å². The predicted molar refractivity (Wildman–Crippen MR) is 81.2 cm³/mol. The van der Waals surface area contributed by atoms with Crippen LogP contribution in [0.15, 0.2) is 0 Å². The van der Waals surface area contributed by atoms with E-state index in [0.717, 1.165) is 32.1 Å². The predicted octanol–water partition coefficient (Wildman–Crippen LogP) is 3.09. The largest absolute Gasteiger partial charge is 0.480 e. The normalized spacial score (nSPS) is 24.4. The summed E-state index contributed by atoms with van der Waals surface area (Å²) in [7, 11) is 0. The van der Waals surface area contributed by atoms with Gasteiger partial charge in [-0.05, 0) is 32.6 Å². The number of urea groups is 1. The Morgan fingerprint density at radius 3 is 2.29 bits per heavy atom. The van der Waals surface area contributed by atoms with Crippen LogP contribution in [0.2, 0.25) is 0 Å². The van der Waals surface area contributed by atoms with Gasteiger partial charge in [0.2, 0.25) is 0 Å². The average Bonchev–Trinajstić information content (AvgIpc) is 2.74. The third-order valence-electron chi connectivity index (χ3n) is 4.89. The number of nitrogens with zero attached hydrogens (tertiary/aromatic N) is 2. The Labute approximate surface area is 127 Å². The molecule has 120 valence electrons. The van der Waals surface area contributed by atoms with Crippen LogP contribution in [-0.2, 0) is 4.79 Å². The van der Waals surface area contributed by atoms with Crippen molar-refractivity contribution in [1.82, 2.24) is 9.80 Å². The van der Waals surface area contributed by atoms with Gasteiger partial charge in [-0.15, -0.1) is 0 Å². The molecule has 1 saturated heterocycles. The summed E-state index contributed by atoms with van der Waals surface area (Å²) in [5.74, 6) is -0.857. The number of hydrogen-bond acceptors (Lipinski definition) is 2. The molecule has 1 heterocycles. The third-order valence-corrected chi connectivity index (χ3v) is 4.89. The average molecular weight is 296 g/mol. The Bertz CT molecular complexity index is 367. The molecule has 0 radical (unpaired) electrons. The van der Waals surface area contributed by atoms with E-state index in [-0.39, 0.29) is 6.03 Å². The maximum absolute atomic E-state index is 12.9. The molecule has 1 atom stereocenters. The number of rotatable bonds is 3. The molecule has 0 aromatic carbocycles. The number of carboxylic acids is 1. The Kier molecular flexibility index (Phi) is 5.88. The van der Waals surface area contributed by atoms with Crippen LogP contribution < -0.4 is 0 Å². The summed E-state index contributed by atoms with van der Waals surface area (Å²) in [5, 5.41) is 9.43. The molecule has 1 saturated carbocycles. The van der Waals surface area contributed by atoms with Gasteiger partial charge < -0.3 is 14.9 Å². The van der Waals surface area contributed by atoms with E-state index in [1.807, 2.05) is 11.8 Å². The minimum absolute atomic E-state index is 0.0568. The summed E-state index contributed by atoms with van der Waals surface area (Å²) in [6.45, 7) is 3.26. The number of carbonyl (C=O) groups is 2. The molecule has 0 aromatic rings. The monoisotopic (exact) mass is 296 g/mol.